The van der Waals surface area contributed by atoms with Crippen LogP contribution in [0.15, 0.2) is 36.5 Å². The highest BCUT2D eigenvalue weighted by Crippen LogP contribution is 2.10. The van der Waals surface area contributed by atoms with Crippen molar-refractivity contribution in [1.82, 2.24) is 10.2 Å². The molecule has 0 saturated carbocycles. The molecule has 0 unspecified atom stereocenters. The van der Waals surface area contributed by atoms with Crippen LogP contribution >= 0.6 is 0 Å². The van der Waals surface area contributed by atoms with Gasteiger partial charge in [-0.25, -0.2) is 0 Å². The third-order valence-electron chi connectivity index (χ3n) is 2.39. The number of nitrogens with zero attached hydrogens (tertiary/aromatic N) is 1. The monoisotopic (exact) mass is 230 g/mol. The fraction of sp³-hybridized carbons (Fsp3) is 0.167. The van der Waals surface area contributed by atoms with Crippen molar-refractivity contribution in [2.75, 3.05) is 11.9 Å². The summed E-state index contributed by atoms with van der Waals surface area (Å²) >= 11 is 0. The van der Waals surface area contributed by atoms with Crippen molar-refractivity contribution in [3.05, 3.63) is 47.8 Å². The summed E-state index contributed by atoms with van der Waals surface area (Å²) in [6.07, 6.45) is 2.38. The molecule has 5 heteroatoms. The predicted octanol–water partition coefficient (Wildman–Crippen LogP) is 1.16. The Kier molecular flexibility index (Phi) is 3.52. The zero-order valence-corrected chi connectivity index (χ0v) is 9.31. The Hall–Kier alpha value is -2.14. The molecule has 88 valence electrons. The number of carbonyl (C=O) groups is 1. The molecule has 0 aliphatic carbocycles. The highest BCUT2D eigenvalue weighted by atomic mass is 16.1. The molecule has 17 heavy (non-hydrogen) atoms. The Balaban J connectivity index is 2.01. The van der Waals surface area contributed by atoms with Crippen LogP contribution in [0.2, 0.25) is 0 Å². The molecular formula is C12H14N4O. The molecule has 0 radical (unpaired) electrons. The van der Waals surface area contributed by atoms with Crippen LogP contribution in [-0.4, -0.2) is 22.6 Å². The molecule has 0 spiro atoms. The van der Waals surface area contributed by atoms with Crippen molar-refractivity contribution in [1.29, 1.82) is 0 Å². The van der Waals surface area contributed by atoms with Gasteiger partial charge in [0.2, 0.25) is 0 Å². The summed E-state index contributed by atoms with van der Waals surface area (Å²) in [5.74, 6) is -0.200. The quantitative estimate of drug-likeness (QED) is 0.737. The molecule has 1 aromatic heterocycles. The molecule has 4 N–H and O–H groups in total. The van der Waals surface area contributed by atoms with Crippen LogP contribution in [0.1, 0.15) is 16.1 Å². The number of amides is 1. The highest BCUT2D eigenvalue weighted by Gasteiger charge is 2.06. The lowest BCUT2D eigenvalue weighted by Crippen LogP contribution is -2.12. The summed E-state index contributed by atoms with van der Waals surface area (Å²) < 4.78 is 0. The molecule has 2 rings (SSSR count). The molecule has 0 aliphatic rings. The van der Waals surface area contributed by atoms with Crippen molar-refractivity contribution >= 4 is 11.6 Å². The van der Waals surface area contributed by atoms with Gasteiger partial charge in [-0.3, -0.25) is 9.89 Å². The number of benzene rings is 1. The maximum atomic E-state index is 11.7. The first-order valence-electron chi connectivity index (χ1n) is 5.39. The minimum atomic E-state index is -0.200. The molecule has 1 amide bonds. The average Bonchev–Trinajstić information content (AvgIpc) is 2.86. The van der Waals surface area contributed by atoms with Gasteiger partial charge in [-0.05, 0) is 36.7 Å². The number of rotatable bonds is 4. The van der Waals surface area contributed by atoms with E-state index in [4.69, 9.17) is 5.73 Å². The van der Waals surface area contributed by atoms with E-state index in [2.05, 4.69) is 15.5 Å². The lowest BCUT2D eigenvalue weighted by atomic mass is 10.1. The number of nitrogens with two attached hydrogens (primary N) is 1. The largest absolute Gasteiger partial charge is 0.330 e. The van der Waals surface area contributed by atoms with E-state index in [0.29, 0.717) is 12.2 Å². The van der Waals surface area contributed by atoms with Gasteiger partial charge in [0, 0.05) is 11.9 Å². The van der Waals surface area contributed by atoms with Gasteiger partial charge in [-0.1, -0.05) is 12.1 Å². The molecule has 0 fully saturated rings. The van der Waals surface area contributed by atoms with Crippen molar-refractivity contribution in [2.45, 2.75) is 6.42 Å². The van der Waals surface area contributed by atoms with E-state index in [-0.39, 0.29) is 5.91 Å². The van der Waals surface area contributed by atoms with Crippen LogP contribution < -0.4 is 11.1 Å². The number of hydrogen-bond donors (Lipinski definition) is 3. The SMILES string of the molecule is NCCc1ccc(NC(=O)c2ccn[nH]2)cc1. The Morgan fingerprint density at radius 3 is 2.65 bits per heavy atom. The fourth-order valence-electron chi connectivity index (χ4n) is 1.50. The molecule has 1 heterocycles. The van der Waals surface area contributed by atoms with Gasteiger partial charge in [-0.2, -0.15) is 5.10 Å². The molecule has 1 aromatic carbocycles. The predicted molar refractivity (Wildman–Crippen MR) is 65.7 cm³/mol. The van der Waals surface area contributed by atoms with Crippen molar-refractivity contribution in [3.63, 3.8) is 0 Å². The van der Waals surface area contributed by atoms with Crippen molar-refractivity contribution in [3.8, 4) is 0 Å². The number of nitrogens with one attached hydrogen (secondary N) is 2. The van der Waals surface area contributed by atoms with Crippen molar-refractivity contribution < 1.29 is 4.79 Å². The molecule has 5 nitrogen and oxygen atoms in total. The first-order chi connectivity index (χ1) is 8.29. The number of H-pyrrole nitrogens is 1. The standard InChI is InChI=1S/C12H14N4O/c13-7-5-9-1-3-10(4-2-9)15-12(17)11-6-8-14-16-11/h1-4,6,8H,5,7,13H2,(H,14,16)(H,15,17). The number of aromatic amines is 1. The second-order valence-electron chi connectivity index (χ2n) is 3.66. The average molecular weight is 230 g/mol. The zero-order valence-electron chi connectivity index (χ0n) is 9.31. The number of anilines is 1. The highest BCUT2D eigenvalue weighted by molar-refractivity contribution is 6.02. The van der Waals surface area contributed by atoms with E-state index in [1.165, 1.54) is 0 Å². The third kappa shape index (κ3) is 2.92. The Morgan fingerprint density at radius 2 is 2.06 bits per heavy atom. The van der Waals surface area contributed by atoms with E-state index in [1.54, 1.807) is 12.3 Å². The molecule has 2 aromatic rings. The molecular weight excluding hydrogens is 216 g/mol. The normalized spacial score (nSPS) is 10.2. The van der Waals surface area contributed by atoms with Crippen LogP contribution in [0, 0.1) is 0 Å². The summed E-state index contributed by atoms with van der Waals surface area (Å²) in [6.45, 7) is 0.625. The maximum Gasteiger partial charge on any atom is 0.273 e. The number of carbonyl (C=O) groups excluding carboxylic acids is 1. The van der Waals surface area contributed by atoms with E-state index >= 15 is 0 Å². The van der Waals surface area contributed by atoms with Gasteiger partial charge in [0.15, 0.2) is 0 Å². The number of hydrogen-bond acceptors (Lipinski definition) is 3. The molecule has 0 bridgehead atoms. The molecule has 0 saturated heterocycles. The molecule has 0 atom stereocenters. The lowest BCUT2D eigenvalue weighted by Gasteiger charge is -2.04. The second kappa shape index (κ2) is 5.27. The zero-order chi connectivity index (χ0) is 12.1. The van der Waals surface area contributed by atoms with E-state index in [9.17, 15) is 4.79 Å². The number of aromatic nitrogens is 2. The smallest absolute Gasteiger partial charge is 0.273 e. The van der Waals surface area contributed by atoms with E-state index < -0.39 is 0 Å². The van der Waals surface area contributed by atoms with Gasteiger partial charge in [0.25, 0.3) is 5.91 Å². The summed E-state index contributed by atoms with van der Waals surface area (Å²) in [7, 11) is 0. The van der Waals surface area contributed by atoms with Crippen LogP contribution in [0.25, 0.3) is 0 Å². The lowest BCUT2D eigenvalue weighted by molar-refractivity contribution is 0.102. The fourth-order valence-corrected chi connectivity index (χ4v) is 1.50. The Morgan fingerprint density at radius 1 is 1.29 bits per heavy atom. The first-order valence-corrected chi connectivity index (χ1v) is 5.39. The van der Waals surface area contributed by atoms with E-state index in [1.807, 2.05) is 24.3 Å². The second-order valence-corrected chi connectivity index (χ2v) is 3.66. The summed E-state index contributed by atoms with van der Waals surface area (Å²) in [5.41, 5.74) is 7.82. The van der Waals surface area contributed by atoms with Gasteiger partial charge in [-0.15, -0.1) is 0 Å². The summed E-state index contributed by atoms with van der Waals surface area (Å²) in [5, 5.41) is 9.11. The van der Waals surface area contributed by atoms with Crippen LogP contribution in [0.3, 0.4) is 0 Å². The van der Waals surface area contributed by atoms with Crippen molar-refractivity contribution in [2.24, 2.45) is 5.73 Å². The Bertz CT molecular complexity index is 476. The van der Waals surface area contributed by atoms with Crippen LogP contribution in [0.4, 0.5) is 5.69 Å². The third-order valence-corrected chi connectivity index (χ3v) is 2.39. The topological polar surface area (TPSA) is 83.8 Å². The maximum absolute atomic E-state index is 11.7. The van der Waals surface area contributed by atoms with Gasteiger partial charge < -0.3 is 11.1 Å². The summed E-state index contributed by atoms with van der Waals surface area (Å²) in [6, 6.07) is 9.25. The van der Waals surface area contributed by atoms with Gasteiger partial charge in [0.05, 0.1) is 0 Å². The van der Waals surface area contributed by atoms with Crippen LogP contribution in [0.5, 0.6) is 0 Å². The first kappa shape index (κ1) is 11.3. The van der Waals surface area contributed by atoms with Gasteiger partial charge in [0.1, 0.15) is 5.69 Å². The van der Waals surface area contributed by atoms with E-state index in [0.717, 1.165) is 17.7 Å². The minimum Gasteiger partial charge on any atom is -0.330 e. The van der Waals surface area contributed by atoms with Crippen LogP contribution in [-0.2, 0) is 6.42 Å². The summed E-state index contributed by atoms with van der Waals surface area (Å²) in [4.78, 5) is 11.7. The van der Waals surface area contributed by atoms with Gasteiger partial charge >= 0.3 is 0 Å². The Labute approximate surface area is 99.0 Å². The minimum absolute atomic E-state index is 0.200. The molecule has 0 aliphatic heterocycles.